The van der Waals surface area contributed by atoms with Crippen molar-refractivity contribution >= 4 is 0 Å². The van der Waals surface area contributed by atoms with Crippen molar-refractivity contribution in [1.29, 1.82) is 0 Å². The Morgan fingerprint density at radius 3 is 2.79 bits per heavy atom. The molecule has 1 rings (SSSR count). The third-order valence-electron chi connectivity index (χ3n) is 2.04. The Labute approximate surface area is 83.6 Å². The van der Waals surface area contributed by atoms with Gasteiger partial charge in [-0.2, -0.15) is 0 Å². The minimum absolute atomic E-state index is 0.248. The molecule has 0 fully saturated rings. The van der Waals surface area contributed by atoms with E-state index in [1.165, 1.54) is 6.07 Å². The van der Waals surface area contributed by atoms with Crippen molar-refractivity contribution in [3.8, 4) is 11.8 Å². The quantitative estimate of drug-likeness (QED) is 0.714. The van der Waals surface area contributed by atoms with Gasteiger partial charge in [-0.3, -0.25) is 0 Å². The third-order valence-corrected chi connectivity index (χ3v) is 2.04. The Morgan fingerprint density at radius 1 is 1.50 bits per heavy atom. The molecular formula is C12H13FO. The molecule has 0 aliphatic carbocycles. The molecule has 0 aromatic heterocycles. The molecule has 0 aliphatic rings. The van der Waals surface area contributed by atoms with Crippen LogP contribution >= 0.6 is 0 Å². The van der Waals surface area contributed by atoms with Gasteiger partial charge in [0.25, 0.3) is 0 Å². The molecule has 1 atom stereocenters. The van der Waals surface area contributed by atoms with E-state index in [2.05, 4.69) is 11.8 Å². The van der Waals surface area contributed by atoms with Gasteiger partial charge in [0.1, 0.15) is 5.82 Å². The summed E-state index contributed by atoms with van der Waals surface area (Å²) in [7, 11) is 0. The molecule has 2 heteroatoms. The first-order valence-electron chi connectivity index (χ1n) is 4.49. The van der Waals surface area contributed by atoms with E-state index >= 15 is 0 Å². The molecule has 1 aromatic carbocycles. The predicted molar refractivity (Wildman–Crippen MR) is 54.2 cm³/mol. The van der Waals surface area contributed by atoms with Crippen LogP contribution in [0.2, 0.25) is 0 Å². The second-order valence-electron chi connectivity index (χ2n) is 3.16. The van der Waals surface area contributed by atoms with E-state index < -0.39 is 6.10 Å². The molecule has 14 heavy (non-hydrogen) atoms. The zero-order valence-corrected chi connectivity index (χ0v) is 8.34. The molecule has 74 valence electrons. The Morgan fingerprint density at radius 2 is 2.21 bits per heavy atom. The van der Waals surface area contributed by atoms with Crippen LogP contribution < -0.4 is 0 Å². The van der Waals surface area contributed by atoms with Gasteiger partial charge in [0, 0.05) is 6.42 Å². The first-order valence-corrected chi connectivity index (χ1v) is 4.49. The maximum Gasteiger partial charge on any atom is 0.126 e. The van der Waals surface area contributed by atoms with Crippen molar-refractivity contribution in [2.24, 2.45) is 0 Å². The number of halogens is 1. The Balaban J connectivity index is 2.83. The second-order valence-corrected chi connectivity index (χ2v) is 3.16. The van der Waals surface area contributed by atoms with Crippen LogP contribution in [0.25, 0.3) is 0 Å². The highest BCUT2D eigenvalue weighted by Crippen LogP contribution is 2.18. The molecule has 1 aromatic rings. The molecule has 0 heterocycles. The average Bonchev–Trinajstić information content (AvgIpc) is 2.18. The van der Waals surface area contributed by atoms with E-state index in [9.17, 15) is 9.50 Å². The van der Waals surface area contributed by atoms with Crippen molar-refractivity contribution < 1.29 is 9.50 Å². The molecule has 1 N–H and O–H groups in total. The Kier molecular flexibility index (Phi) is 3.67. The van der Waals surface area contributed by atoms with Gasteiger partial charge in [-0.1, -0.05) is 12.1 Å². The van der Waals surface area contributed by atoms with Crippen LogP contribution in [0, 0.1) is 24.6 Å². The van der Waals surface area contributed by atoms with Gasteiger partial charge in [-0.25, -0.2) is 4.39 Å². The molecule has 0 bridgehead atoms. The fourth-order valence-electron chi connectivity index (χ4n) is 1.19. The highest BCUT2D eigenvalue weighted by Gasteiger charge is 2.07. The van der Waals surface area contributed by atoms with Crippen LogP contribution in [-0.4, -0.2) is 5.11 Å². The highest BCUT2D eigenvalue weighted by atomic mass is 19.1. The smallest absolute Gasteiger partial charge is 0.126 e. The van der Waals surface area contributed by atoms with E-state index in [-0.39, 0.29) is 5.82 Å². The summed E-state index contributed by atoms with van der Waals surface area (Å²) in [5, 5.41) is 9.64. The van der Waals surface area contributed by atoms with Crippen LogP contribution in [-0.2, 0) is 0 Å². The van der Waals surface area contributed by atoms with Crippen LogP contribution in [0.5, 0.6) is 0 Å². The van der Waals surface area contributed by atoms with Crippen molar-refractivity contribution in [3.63, 3.8) is 0 Å². The molecule has 0 radical (unpaired) electrons. The van der Waals surface area contributed by atoms with Gasteiger partial charge < -0.3 is 5.11 Å². The van der Waals surface area contributed by atoms with E-state index in [4.69, 9.17) is 0 Å². The standard InChI is InChI=1S/C12H13FO/c1-3-4-5-12(14)10-6-7-11(13)9(2)8-10/h6-8,12,14H,5H2,1-2H3. The van der Waals surface area contributed by atoms with Gasteiger partial charge in [-0.15, -0.1) is 11.8 Å². The van der Waals surface area contributed by atoms with E-state index in [1.807, 2.05) is 0 Å². The molecular weight excluding hydrogens is 179 g/mol. The number of aryl methyl sites for hydroxylation is 1. The zero-order valence-electron chi connectivity index (χ0n) is 8.34. The SMILES string of the molecule is CC#CCC(O)c1ccc(F)c(C)c1. The predicted octanol–water partition coefficient (Wildman–Crippen LogP) is 2.58. The number of aliphatic hydroxyl groups excluding tert-OH is 1. The summed E-state index contributed by atoms with van der Waals surface area (Å²) in [5.41, 5.74) is 1.26. The highest BCUT2D eigenvalue weighted by molar-refractivity contribution is 5.26. The molecule has 0 saturated carbocycles. The second kappa shape index (κ2) is 4.78. The average molecular weight is 192 g/mol. The maximum atomic E-state index is 12.9. The number of aliphatic hydroxyl groups is 1. The van der Waals surface area contributed by atoms with Gasteiger partial charge in [0.15, 0.2) is 0 Å². The summed E-state index contributed by atoms with van der Waals surface area (Å²) >= 11 is 0. The fraction of sp³-hybridized carbons (Fsp3) is 0.333. The monoisotopic (exact) mass is 192 g/mol. The Hall–Kier alpha value is -1.33. The minimum Gasteiger partial charge on any atom is -0.387 e. The van der Waals surface area contributed by atoms with E-state index in [0.29, 0.717) is 17.5 Å². The molecule has 1 nitrogen and oxygen atoms in total. The largest absolute Gasteiger partial charge is 0.387 e. The van der Waals surface area contributed by atoms with Gasteiger partial charge in [0.2, 0.25) is 0 Å². The van der Waals surface area contributed by atoms with Gasteiger partial charge >= 0.3 is 0 Å². The summed E-state index contributed by atoms with van der Waals surface area (Å²) in [6, 6.07) is 4.61. The van der Waals surface area contributed by atoms with Crippen molar-refractivity contribution in [1.82, 2.24) is 0 Å². The lowest BCUT2D eigenvalue weighted by molar-refractivity contribution is 0.184. The van der Waals surface area contributed by atoms with Crippen LogP contribution in [0.15, 0.2) is 18.2 Å². The fourth-order valence-corrected chi connectivity index (χ4v) is 1.19. The molecule has 0 amide bonds. The van der Waals surface area contributed by atoms with Crippen molar-refractivity contribution in [3.05, 3.63) is 35.1 Å². The van der Waals surface area contributed by atoms with Crippen LogP contribution in [0.3, 0.4) is 0 Å². The molecule has 1 unspecified atom stereocenters. The van der Waals surface area contributed by atoms with E-state index in [1.54, 1.807) is 26.0 Å². The maximum absolute atomic E-state index is 12.9. The number of hydrogen-bond acceptors (Lipinski definition) is 1. The zero-order chi connectivity index (χ0) is 10.6. The molecule has 0 aliphatic heterocycles. The normalized spacial score (nSPS) is 11.7. The van der Waals surface area contributed by atoms with Crippen LogP contribution in [0.1, 0.15) is 30.6 Å². The Bertz CT molecular complexity index is 374. The number of benzene rings is 1. The summed E-state index contributed by atoms with van der Waals surface area (Å²) in [5.74, 6) is 5.25. The lowest BCUT2D eigenvalue weighted by Crippen LogP contribution is -1.97. The number of hydrogen-bond donors (Lipinski definition) is 1. The number of rotatable bonds is 2. The lowest BCUT2D eigenvalue weighted by atomic mass is 10.0. The van der Waals surface area contributed by atoms with Crippen molar-refractivity contribution in [2.75, 3.05) is 0 Å². The summed E-state index contributed by atoms with van der Waals surface area (Å²) in [6.45, 7) is 3.40. The lowest BCUT2D eigenvalue weighted by Gasteiger charge is -2.08. The van der Waals surface area contributed by atoms with Gasteiger partial charge in [-0.05, 0) is 31.0 Å². The first-order chi connectivity index (χ1) is 6.65. The van der Waals surface area contributed by atoms with E-state index in [0.717, 1.165) is 0 Å². The topological polar surface area (TPSA) is 20.2 Å². The molecule has 0 saturated heterocycles. The van der Waals surface area contributed by atoms with Crippen molar-refractivity contribution in [2.45, 2.75) is 26.4 Å². The minimum atomic E-state index is -0.623. The van der Waals surface area contributed by atoms with Crippen LogP contribution in [0.4, 0.5) is 4.39 Å². The summed E-state index contributed by atoms with van der Waals surface area (Å²) in [6.07, 6.45) is -0.233. The molecule has 0 spiro atoms. The third kappa shape index (κ3) is 2.58. The summed E-state index contributed by atoms with van der Waals surface area (Å²) < 4.78 is 12.9. The summed E-state index contributed by atoms with van der Waals surface area (Å²) in [4.78, 5) is 0. The van der Waals surface area contributed by atoms with Gasteiger partial charge in [0.05, 0.1) is 6.10 Å². The first kappa shape index (κ1) is 10.7.